The van der Waals surface area contributed by atoms with Crippen molar-refractivity contribution in [2.45, 2.75) is 12.4 Å². The Morgan fingerprint density at radius 1 is 0.923 bits per heavy atom. The van der Waals surface area contributed by atoms with E-state index in [1.54, 1.807) is 29.1 Å². The number of piperazine rings is 1. The molecule has 2 aliphatic heterocycles. The number of ether oxygens (including phenoxy) is 1. The van der Waals surface area contributed by atoms with Crippen molar-refractivity contribution < 1.29 is 27.5 Å². The number of thiazole rings is 1. The minimum atomic E-state index is -4.74. The van der Waals surface area contributed by atoms with Crippen molar-refractivity contribution in [3.63, 3.8) is 0 Å². The molecule has 0 atom stereocenters. The van der Waals surface area contributed by atoms with Crippen molar-refractivity contribution in [2.75, 3.05) is 39.3 Å². The van der Waals surface area contributed by atoms with Gasteiger partial charge in [0.05, 0.1) is 11.0 Å². The maximum absolute atomic E-state index is 13.1. The zero-order chi connectivity index (χ0) is 27.1. The molecule has 2 aromatic heterocycles. The fourth-order valence-electron chi connectivity index (χ4n) is 5.11. The molecule has 0 spiro atoms. The van der Waals surface area contributed by atoms with E-state index < -0.39 is 6.36 Å². The number of likely N-dealkylation sites (tertiary alicyclic amines) is 1. The summed E-state index contributed by atoms with van der Waals surface area (Å²) in [6, 6.07) is 13.2. The van der Waals surface area contributed by atoms with Crippen LogP contribution < -0.4 is 4.74 Å². The SMILES string of the molecule is O=C(c1ccc2c(ccn2-c2ccc(OC(F)(F)F)cc2)c1)N1CC(N2CCN(C(=O)c3cscn3)CC2)C1. The number of benzene rings is 2. The van der Waals surface area contributed by atoms with E-state index in [9.17, 15) is 22.8 Å². The van der Waals surface area contributed by atoms with Gasteiger partial charge in [-0.15, -0.1) is 24.5 Å². The molecule has 2 aromatic carbocycles. The van der Waals surface area contributed by atoms with Gasteiger partial charge in [0.2, 0.25) is 0 Å². The zero-order valence-electron chi connectivity index (χ0n) is 20.7. The normalized spacial score (nSPS) is 16.9. The first-order valence-electron chi connectivity index (χ1n) is 12.4. The first-order chi connectivity index (χ1) is 18.7. The van der Waals surface area contributed by atoms with Gasteiger partial charge in [-0.25, -0.2) is 4.98 Å². The number of hydrogen-bond donors (Lipinski definition) is 0. The summed E-state index contributed by atoms with van der Waals surface area (Å²) in [6.07, 6.45) is -2.92. The van der Waals surface area contributed by atoms with Crippen molar-refractivity contribution in [3.8, 4) is 11.4 Å². The van der Waals surface area contributed by atoms with Crippen LogP contribution in [0.25, 0.3) is 16.6 Å². The molecule has 2 saturated heterocycles. The quantitative estimate of drug-likeness (QED) is 0.368. The van der Waals surface area contributed by atoms with E-state index in [1.807, 2.05) is 38.8 Å². The standard InChI is InChI=1S/C27H24F3N5O3S/c28-27(29,30)38-22-4-2-20(3-5-22)35-8-7-18-13-19(1-6-24(18)35)25(36)34-14-21(15-34)32-9-11-33(12-10-32)26(37)23-16-39-17-31-23/h1-8,13,16-17,21H,9-12,14-15H2. The number of halogens is 3. The summed E-state index contributed by atoms with van der Waals surface area (Å²) in [5, 5.41) is 2.62. The van der Waals surface area contributed by atoms with Crippen LogP contribution >= 0.6 is 11.3 Å². The maximum atomic E-state index is 13.1. The van der Waals surface area contributed by atoms with E-state index in [2.05, 4.69) is 14.6 Å². The van der Waals surface area contributed by atoms with Crippen LogP contribution in [0.1, 0.15) is 20.8 Å². The number of hydrogen-bond acceptors (Lipinski definition) is 6. The van der Waals surface area contributed by atoms with Gasteiger partial charge in [0, 0.05) is 73.5 Å². The summed E-state index contributed by atoms with van der Waals surface area (Å²) < 4.78 is 43.1. The van der Waals surface area contributed by atoms with Crippen LogP contribution in [-0.2, 0) is 0 Å². The third-order valence-corrected chi connectivity index (χ3v) is 7.79. The number of rotatable bonds is 5. The monoisotopic (exact) mass is 555 g/mol. The molecule has 2 aliphatic rings. The van der Waals surface area contributed by atoms with Crippen LogP contribution in [0.3, 0.4) is 0 Å². The van der Waals surface area contributed by atoms with Crippen LogP contribution in [0.15, 0.2) is 65.6 Å². The molecule has 0 N–H and O–H groups in total. The second kappa shape index (κ2) is 10.0. The van der Waals surface area contributed by atoms with E-state index in [4.69, 9.17) is 0 Å². The smallest absolute Gasteiger partial charge is 0.406 e. The minimum Gasteiger partial charge on any atom is -0.406 e. The fourth-order valence-corrected chi connectivity index (χ4v) is 5.64. The highest BCUT2D eigenvalue weighted by Crippen LogP contribution is 2.27. The Hall–Kier alpha value is -3.90. The molecule has 0 unspecified atom stereocenters. The second-order valence-corrected chi connectivity index (χ2v) is 10.3. The molecule has 12 heteroatoms. The van der Waals surface area contributed by atoms with Gasteiger partial charge in [0.25, 0.3) is 11.8 Å². The maximum Gasteiger partial charge on any atom is 0.573 e. The van der Waals surface area contributed by atoms with Gasteiger partial charge in [0.15, 0.2) is 0 Å². The van der Waals surface area contributed by atoms with Crippen LogP contribution in [0, 0.1) is 0 Å². The Morgan fingerprint density at radius 2 is 1.67 bits per heavy atom. The molecular weight excluding hydrogens is 531 g/mol. The topological polar surface area (TPSA) is 70.9 Å². The van der Waals surface area contributed by atoms with Gasteiger partial charge in [-0.1, -0.05) is 0 Å². The average Bonchev–Trinajstić information content (AvgIpc) is 3.58. The number of amides is 2. The van der Waals surface area contributed by atoms with Gasteiger partial charge in [0.1, 0.15) is 11.4 Å². The highest BCUT2D eigenvalue weighted by atomic mass is 32.1. The molecule has 8 nitrogen and oxygen atoms in total. The molecular formula is C27H24F3N5O3S. The number of carbonyl (C=O) groups excluding carboxylic acids is 2. The lowest BCUT2D eigenvalue weighted by molar-refractivity contribution is -0.274. The van der Waals surface area contributed by atoms with Crippen molar-refractivity contribution >= 4 is 34.1 Å². The zero-order valence-corrected chi connectivity index (χ0v) is 21.5. The third kappa shape index (κ3) is 5.21. The summed E-state index contributed by atoms with van der Waals surface area (Å²) in [6.45, 7) is 4.12. The summed E-state index contributed by atoms with van der Waals surface area (Å²) >= 11 is 1.41. The van der Waals surface area contributed by atoms with E-state index in [0.29, 0.717) is 43.1 Å². The van der Waals surface area contributed by atoms with Gasteiger partial charge >= 0.3 is 6.36 Å². The summed E-state index contributed by atoms with van der Waals surface area (Å²) in [4.78, 5) is 35.8. The van der Waals surface area contributed by atoms with Crippen LogP contribution in [0.4, 0.5) is 13.2 Å². The molecule has 6 rings (SSSR count). The van der Waals surface area contributed by atoms with Crippen LogP contribution in [0.2, 0.25) is 0 Å². The average molecular weight is 556 g/mol. The number of fused-ring (bicyclic) bond motifs is 1. The first kappa shape index (κ1) is 25.4. The fraction of sp³-hybridized carbons (Fsp3) is 0.296. The van der Waals surface area contributed by atoms with Crippen LogP contribution in [0.5, 0.6) is 5.75 Å². The minimum absolute atomic E-state index is 0.0296. The molecule has 0 radical (unpaired) electrons. The lowest BCUT2D eigenvalue weighted by Gasteiger charge is -2.48. The number of alkyl halides is 3. The number of aromatic nitrogens is 2. The molecule has 0 aliphatic carbocycles. The predicted octanol–water partition coefficient (Wildman–Crippen LogP) is 4.27. The molecule has 2 amide bonds. The van der Waals surface area contributed by atoms with Gasteiger partial charge in [-0.3, -0.25) is 14.5 Å². The second-order valence-electron chi connectivity index (χ2n) is 9.57. The van der Waals surface area contributed by atoms with Gasteiger partial charge in [-0.05, 0) is 48.5 Å². The molecule has 0 saturated carbocycles. The van der Waals surface area contributed by atoms with E-state index >= 15 is 0 Å². The Kier molecular flexibility index (Phi) is 6.51. The van der Waals surface area contributed by atoms with Crippen molar-refractivity contribution in [1.82, 2.24) is 24.3 Å². The molecule has 0 bridgehead atoms. The van der Waals surface area contributed by atoms with E-state index in [0.717, 1.165) is 24.0 Å². The first-order valence-corrected chi connectivity index (χ1v) is 13.4. The Bertz CT molecular complexity index is 1490. The highest BCUT2D eigenvalue weighted by Gasteiger charge is 2.37. The molecule has 4 aromatic rings. The van der Waals surface area contributed by atoms with Crippen molar-refractivity contribution in [3.05, 3.63) is 76.9 Å². The third-order valence-electron chi connectivity index (χ3n) is 7.20. The highest BCUT2D eigenvalue weighted by molar-refractivity contribution is 7.07. The largest absolute Gasteiger partial charge is 0.573 e. The van der Waals surface area contributed by atoms with E-state index in [-0.39, 0.29) is 23.6 Å². The Morgan fingerprint density at radius 3 is 2.33 bits per heavy atom. The van der Waals surface area contributed by atoms with Crippen LogP contribution in [-0.4, -0.2) is 87.7 Å². The number of carbonyl (C=O) groups is 2. The Labute approximate surface area is 225 Å². The predicted molar refractivity (Wildman–Crippen MR) is 139 cm³/mol. The van der Waals surface area contributed by atoms with E-state index in [1.165, 1.54) is 23.5 Å². The number of nitrogens with zero attached hydrogens (tertiary/aromatic N) is 5. The molecule has 202 valence electrons. The summed E-state index contributed by atoms with van der Waals surface area (Å²) in [5.41, 5.74) is 4.26. The molecule has 2 fully saturated rings. The van der Waals surface area contributed by atoms with Gasteiger partial charge < -0.3 is 19.1 Å². The molecule has 4 heterocycles. The Balaban J connectivity index is 1.05. The summed E-state index contributed by atoms with van der Waals surface area (Å²) in [7, 11) is 0. The van der Waals surface area contributed by atoms with Crippen molar-refractivity contribution in [1.29, 1.82) is 0 Å². The van der Waals surface area contributed by atoms with Gasteiger partial charge in [-0.2, -0.15) is 0 Å². The summed E-state index contributed by atoms with van der Waals surface area (Å²) in [5.74, 6) is -0.348. The van der Waals surface area contributed by atoms with Crippen molar-refractivity contribution in [2.24, 2.45) is 0 Å². The lowest BCUT2D eigenvalue weighted by Crippen LogP contribution is -2.64. The molecule has 39 heavy (non-hydrogen) atoms. The lowest BCUT2D eigenvalue weighted by atomic mass is 10.0.